The van der Waals surface area contributed by atoms with E-state index in [2.05, 4.69) is 4.90 Å². The van der Waals surface area contributed by atoms with Crippen molar-refractivity contribution < 1.29 is 9.84 Å². The van der Waals surface area contributed by atoms with Crippen molar-refractivity contribution in [3.63, 3.8) is 0 Å². The van der Waals surface area contributed by atoms with Gasteiger partial charge in [-0.15, -0.1) is 0 Å². The molecule has 2 aliphatic heterocycles. The van der Waals surface area contributed by atoms with Gasteiger partial charge in [0.05, 0.1) is 5.60 Å². The molecule has 1 saturated carbocycles. The second-order valence-corrected chi connectivity index (χ2v) is 5.60. The molecule has 3 aliphatic rings. The Balaban J connectivity index is 1.60. The molecule has 0 radical (unpaired) electrons. The van der Waals surface area contributed by atoms with Gasteiger partial charge in [-0.05, 0) is 25.2 Å². The van der Waals surface area contributed by atoms with E-state index in [0.29, 0.717) is 0 Å². The fourth-order valence-electron chi connectivity index (χ4n) is 3.51. The minimum absolute atomic E-state index is 0.456. The average molecular weight is 211 g/mol. The second kappa shape index (κ2) is 3.72. The number of piperidine rings is 1. The number of rotatable bonds is 2. The number of fused-ring (bicyclic) bond motifs is 2. The third-order valence-electron chi connectivity index (χ3n) is 4.44. The molecule has 3 heteroatoms. The molecule has 15 heavy (non-hydrogen) atoms. The zero-order valence-corrected chi connectivity index (χ0v) is 9.32. The molecular weight excluding hydrogens is 190 g/mol. The summed E-state index contributed by atoms with van der Waals surface area (Å²) in [6.07, 6.45) is 5.80. The SMILES string of the molecule is OC1(CN2CC3CCC2C3)CCOCC1. The Hall–Kier alpha value is -0.120. The van der Waals surface area contributed by atoms with Crippen molar-refractivity contribution in [2.24, 2.45) is 5.92 Å². The molecule has 2 bridgehead atoms. The summed E-state index contributed by atoms with van der Waals surface area (Å²) < 4.78 is 5.31. The number of likely N-dealkylation sites (tertiary alicyclic amines) is 1. The van der Waals surface area contributed by atoms with Crippen molar-refractivity contribution >= 4 is 0 Å². The van der Waals surface area contributed by atoms with Crippen LogP contribution in [0.2, 0.25) is 0 Å². The van der Waals surface area contributed by atoms with Crippen LogP contribution in [0.3, 0.4) is 0 Å². The smallest absolute Gasteiger partial charge is 0.0818 e. The van der Waals surface area contributed by atoms with Crippen LogP contribution in [-0.4, -0.2) is 48.0 Å². The van der Waals surface area contributed by atoms with Crippen molar-refractivity contribution in [1.29, 1.82) is 0 Å². The molecule has 0 aromatic heterocycles. The fraction of sp³-hybridized carbons (Fsp3) is 1.00. The van der Waals surface area contributed by atoms with Crippen molar-refractivity contribution in [1.82, 2.24) is 4.90 Å². The summed E-state index contributed by atoms with van der Waals surface area (Å²) in [6.45, 7) is 3.59. The predicted octanol–water partition coefficient (Wildman–Crippen LogP) is 1.01. The van der Waals surface area contributed by atoms with Gasteiger partial charge in [0.25, 0.3) is 0 Å². The largest absolute Gasteiger partial charge is 0.388 e. The van der Waals surface area contributed by atoms with E-state index >= 15 is 0 Å². The molecule has 86 valence electrons. The molecule has 0 aromatic rings. The zero-order valence-electron chi connectivity index (χ0n) is 9.32. The number of β-amino-alcohol motifs (C(OH)–C–C–N with tert-alkyl or cyclic N) is 1. The molecule has 2 heterocycles. The Bertz CT molecular complexity index is 238. The predicted molar refractivity (Wildman–Crippen MR) is 57.7 cm³/mol. The number of nitrogens with zero attached hydrogens (tertiary/aromatic N) is 1. The van der Waals surface area contributed by atoms with E-state index in [1.165, 1.54) is 25.8 Å². The number of ether oxygens (including phenoxy) is 1. The Morgan fingerprint density at radius 2 is 2.07 bits per heavy atom. The lowest BCUT2D eigenvalue weighted by Crippen LogP contribution is -2.49. The van der Waals surface area contributed by atoms with Crippen LogP contribution in [0, 0.1) is 5.92 Å². The molecule has 0 spiro atoms. The Kier molecular flexibility index (Phi) is 2.49. The minimum Gasteiger partial charge on any atom is -0.388 e. The molecule has 2 unspecified atom stereocenters. The molecule has 2 atom stereocenters. The van der Waals surface area contributed by atoms with Crippen LogP contribution in [0.5, 0.6) is 0 Å². The van der Waals surface area contributed by atoms with Gasteiger partial charge in [0.2, 0.25) is 0 Å². The van der Waals surface area contributed by atoms with Gasteiger partial charge in [0, 0.05) is 45.2 Å². The Morgan fingerprint density at radius 3 is 2.67 bits per heavy atom. The van der Waals surface area contributed by atoms with Gasteiger partial charge in [0.1, 0.15) is 0 Å². The quantitative estimate of drug-likeness (QED) is 0.740. The normalized spacial score (nSPS) is 39.8. The van der Waals surface area contributed by atoms with Crippen molar-refractivity contribution in [3.05, 3.63) is 0 Å². The first kappa shape index (κ1) is 10.1. The van der Waals surface area contributed by atoms with E-state index in [1.54, 1.807) is 0 Å². The maximum atomic E-state index is 10.4. The van der Waals surface area contributed by atoms with Crippen LogP contribution in [-0.2, 0) is 4.74 Å². The first-order valence-electron chi connectivity index (χ1n) is 6.29. The number of aliphatic hydroxyl groups is 1. The molecule has 3 fully saturated rings. The average Bonchev–Trinajstić information content (AvgIpc) is 2.79. The highest BCUT2D eigenvalue weighted by Gasteiger charge is 2.41. The number of hydrogen-bond donors (Lipinski definition) is 1. The van der Waals surface area contributed by atoms with Crippen LogP contribution in [0.4, 0.5) is 0 Å². The van der Waals surface area contributed by atoms with E-state index < -0.39 is 5.60 Å². The van der Waals surface area contributed by atoms with Crippen LogP contribution >= 0.6 is 0 Å². The Labute approximate surface area is 91.4 Å². The molecule has 1 aliphatic carbocycles. The lowest BCUT2D eigenvalue weighted by molar-refractivity contribution is -0.0832. The van der Waals surface area contributed by atoms with Gasteiger partial charge < -0.3 is 9.84 Å². The van der Waals surface area contributed by atoms with Gasteiger partial charge in [-0.1, -0.05) is 0 Å². The molecule has 0 amide bonds. The molecule has 2 saturated heterocycles. The summed E-state index contributed by atoms with van der Waals surface area (Å²) in [6, 6.07) is 0.780. The van der Waals surface area contributed by atoms with Crippen molar-refractivity contribution in [3.8, 4) is 0 Å². The summed E-state index contributed by atoms with van der Waals surface area (Å²) in [4.78, 5) is 2.53. The first-order chi connectivity index (χ1) is 7.25. The van der Waals surface area contributed by atoms with Crippen LogP contribution in [0.15, 0.2) is 0 Å². The summed E-state index contributed by atoms with van der Waals surface area (Å²) >= 11 is 0. The maximum absolute atomic E-state index is 10.4. The van der Waals surface area contributed by atoms with Crippen molar-refractivity contribution in [2.75, 3.05) is 26.3 Å². The van der Waals surface area contributed by atoms with E-state index in [4.69, 9.17) is 4.74 Å². The van der Waals surface area contributed by atoms with Gasteiger partial charge in [-0.2, -0.15) is 0 Å². The third-order valence-corrected chi connectivity index (χ3v) is 4.44. The number of hydrogen-bond acceptors (Lipinski definition) is 3. The molecule has 3 rings (SSSR count). The van der Waals surface area contributed by atoms with Gasteiger partial charge in [-0.25, -0.2) is 0 Å². The molecule has 1 N–H and O–H groups in total. The van der Waals surface area contributed by atoms with Gasteiger partial charge in [-0.3, -0.25) is 4.90 Å². The molecule has 3 nitrogen and oxygen atoms in total. The van der Waals surface area contributed by atoms with E-state index in [1.807, 2.05) is 0 Å². The fourth-order valence-corrected chi connectivity index (χ4v) is 3.51. The highest BCUT2D eigenvalue weighted by atomic mass is 16.5. The maximum Gasteiger partial charge on any atom is 0.0818 e. The van der Waals surface area contributed by atoms with Gasteiger partial charge in [0.15, 0.2) is 0 Å². The monoisotopic (exact) mass is 211 g/mol. The van der Waals surface area contributed by atoms with E-state index in [9.17, 15) is 5.11 Å². The minimum atomic E-state index is -0.456. The highest BCUT2D eigenvalue weighted by Crippen LogP contribution is 2.38. The summed E-state index contributed by atoms with van der Waals surface area (Å²) in [5, 5.41) is 10.4. The zero-order chi connectivity index (χ0) is 10.3. The summed E-state index contributed by atoms with van der Waals surface area (Å²) in [5.74, 6) is 0.929. The lowest BCUT2D eigenvalue weighted by atomic mass is 9.93. The highest BCUT2D eigenvalue weighted by molar-refractivity contribution is 4.96. The summed E-state index contributed by atoms with van der Waals surface area (Å²) in [7, 11) is 0. The van der Waals surface area contributed by atoms with Gasteiger partial charge >= 0.3 is 0 Å². The summed E-state index contributed by atoms with van der Waals surface area (Å²) in [5.41, 5.74) is -0.456. The van der Waals surface area contributed by atoms with Crippen LogP contribution in [0.1, 0.15) is 32.1 Å². The lowest BCUT2D eigenvalue weighted by Gasteiger charge is -2.38. The van der Waals surface area contributed by atoms with E-state index in [-0.39, 0.29) is 0 Å². The topological polar surface area (TPSA) is 32.7 Å². The standard InChI is InChI=1S/C12H21NO2/c14-12(3-5-15-6-4-12)9-13-8-10-1-2-11(13)7-10/h10-11,14H,1-9H2. The van der Waals surface area contributed by atoms with Crippen molar-refractivity contribution in [2.45, 2.75) is 43.7 Å². The van der Waals surface area contributed by atoms with Crippen LogP contribution in [0.25, 0.3) is 0 Å². The van der Waals surface area contributed by atoms with Crippen LogP contribution < -0.4 is 0 Å². The third kappa shape index (κ3) is 1.93. The molecular formula is C12H21NO2. The second-order valence-electron chi connectivity index (χ2n) is 5.60. The van der Waals surface area contributed by atoms with E-state index in [0.717, 1.165) is 44.6 Å². The first-order valence-corrected chi connectivity index (χ1v) is 6.29. The Morgan fingerprint density at radius 1 is 1.27 bits per heavy atom. The molecule has 0 aromatic carbocycles.